The average Bonchev–Trinajstić information content (AvgIpc) is 2.56. The molecule has 2 heterocycles. The van der Waals surface area contributed by atoms with Gasteiger partial charge in [0.2, 0.25) is 11.8 Å². The zero-order valence-corrected chi connectivity index (χ0v) is 11.2. The maximum atomic E-state index is 13.3. The van der Waals surface area contributed by atoms with Crippen LogP contribution in [0.2, 0.25) is 0 Å². The number of pyridine rings is 1. The van der Waals surface area contributed by atoms with Gasteiger partial charge < -0.3 is 0 Å². The van der Waals surface area contributed by atoms with E-state index in [0.717, 1.165) is 11.0 Å². The summed E-state index contributed by atoms with van der Waals surface area (Å²) in [6.45, 7) is -0.373. The molecule has 1 saturated heterocycles. The van der Waals surface area contributed by atoms with Gasteiger partial charge in [-0.1, -0.05) is 0 Å². The second-order valence-electron chi connectivity index (χ2n) is 4.90. The minimum Gasteiger partial charge on any atom is -0.298 e. The summed E-state index contributed by atoms with van der Waals surface area (Å²) in [4.78, 5) is 27.0. The Kier molecular flexibility index (Phi) is 4.17. The number of halogens is 5. The molecule has 9 heteroatoms. The maximum absolute atomic E-state index is 13.3. The third-order valence-electron chi connectivity index (χ3n) is 3.34. The summed E-state index contributed by atoms with van der Waals surface area (Å²) in [7, 11) is 0. The second kappa shape index (κ2) is 5.62. The van der Waals surface area contributed by atoms with E-state index in [2.05, 4.69) is 4.98 Å². The van der Waals surface area contributed by atoms with Crippen LogP contribution in [0.5, 0.6) is 0 Å². The molecule has 1 aliphatic heterocycles. The van der Waals surface area contributed by atoms with Crippen LogP contribution in [-0.2, 0) is 11.0 Å². The van der Waals surface area contributed by atoms with E-state index >= 15 is 0 Å². The van der Waals surface area contributed by atoms with Crippen molar-refractivity contribution >= 4 is 18.0 Å². The molecule has 1 amide bonds. The molecule has 0 N–H and O–H groups in total. The molecule has 0 aromatic carbocycles. The van der Waals surface area contributed by atoms with Gasteiger partial charge in [0.1, 0.15) is 5.82 Å². The highest BCUT2D eigenvalue weighted by Gasteiger charge is 2.37. The fourth-order valence-corrected chi connectivity index (χ4v) is 2.13. The van der Waals surface area contributed by atoms with Crippen molar-refractivity contribution in [2.75, 3.05) is 11.4 Å². The molecule has 120 valence electrons. The van der Waals surface area contributed by atoms with Gasteiger partial charge >= 0.3 is 6.18 Å². The minimum absolute atomic E-state index is 0.00902. The van der Waals surface area contributed by atoms with Gasteiger partial charge in [-0.15, -0.1) is 0 Å². The molecule has 1 aliphatic rings. The molecule has 0 saturated carbocycles. The van der Waals surface area contributed by atoms with Crippen LogP contribution in [0.3, 0.4) is 0 Å². The average molecular weight is 322 g/mol. The predicted octanol–water partition coefficient (Wildman–Crippen LogP) is 3.07. The Morgan fingerprint density at radius 2 is 1.95 bits per heavy atom. The van der Waals surface area contributed by atoms with E-state index in [9.17, 15) is 31.5 Å². The summed E-state index contributed by atoms with van der Waals surface area (Å²) in [5.74, 6) is -3.91. The van der Waals surface area contributed by atoms with Crippen LogP contribution in [0.1, 0.15) is 35.2 Å². The molecule has 1 aromatic heterocycles. The summed E-state index contributed by atoms with van der Waals surface area (Å²) in [5, 5.41) is 0. The van der Waals surface area contributed by atoms with Crippen LogP contribution in [0.25, 0.3) is 0 Å². The third-order valence-corrected chi connectivity index (χ3v) is 3.34. The van der Waals surface area contributed by atoms with E-state index in [1.54, 1.807) is 0 Å². The number of anilines is 1. The molecule has 1 aromatic rings. The monoisotopic (exact) mass is 322 g/mol. The fraction of sp³-hybridized carbons (Fsp3) is 0.462. The summed E-state index contributed by atoms with van der Waals surface area (Å²) < 4.78 is 64.6. The Labute approximate surface area is 121 Å². The number of amides is 1. The van der Waals surface area contributed by atoms with Crippen LogP contribution in [0.4, 0.5) is 27.8 Å². The SMILES string of the molecule is O=Cc1cc(N2CCC(F)(F)CCC2=O)ncc1C(F)(F)F. The molecule has 0 atom stereocenters. The van der Waals surface area contributed by atoms with Crippen LogP contribution in [0, 0.1) is 0 Å². The van der Waals surface area contributed by atoms with Crippen molar-refractivity contribution in [3.8, 4) is 0 Å². The topological polar surface area (TPSA) is 50.3 Å². The molecule has 0 radical (unpaired) electrons. The highest BCUT2D eigenvalue weighted by atomic mass is 19.4. The van der Waals surface area contributed by atoms with Gasteiger partial charge in [-0.3, -0.25) is 14.5 Å². The first-order valence-electron chi connectivity index (χ1n) is 6.35. The maximum Gasteiger partial charge on any atom is 0.418 e. The zero-order valence-electron chi connectivity index (χ0n) is 11.2. The molecule has 0 bridgehead atoms. The van der Waals surface area contributed by atoms with Crippen molar-refractivity contribution in [1.29, 1.82) is 0 Å². The van der Waals surface area contributed by atoms with E-state index in [-0.39, 0.29) is 18.6 Å². The summed E-state index contributed by atoms with van der Waals surface area (Å²) in [6, 6.07) is 0.789. The van der Waals surface area contributed by atoms with E-state index in [0.29, 0.717) is 6.20 Å². The third kappa shape index (κ3) is 3.40. The normalized spacial score (nSPS) is 19.0. The number of carbonyl (C=O) groups excluding carboxylic acids is 2. The highest BCUT2D eigenvalue weighted by molar-refractivity contribution is 5.93. The quantitative estimate of drug-likeness (QED) is 0.621. The van der Waals surface area contributed by atoms with Crippen molar-refractivity contribution in [3.63, 3.8) is 0 Å². The number of rotatable bonds is 2. The molecular weight excluding hydrogens is 311 g/mol. The lowest BCUT2D eigenvalue weighted by atomic mass is 10.1. The molecule has 2 rings (SSSR count). The van der Waals surface area contributed by atoms with Gasteiger partial charge in [0.05, 0.1) is 5.56 Å². The van der Waals surface area contributed by atoms with Crippen molar-refractivity contribution in [2.45, 2.75) is 31.4 Å². The number of nitrogens with zero attached hydrogens (tertiary/aromatic N) is 2. The predicted molar refractivity (Wildman–Crippen MR) is 65.8 cm³/mol. The molecule has 0 spiro atoms. The van der Waals surface area contributed by atoms with Gasteiger partial charge in [0.25, 0.3) is 0 Å². The molecule has 22 heavy (non-hydrogen) atoms. The van der Waals surface area contributed by atoms with Crippen LogP contribution in [0.15, 0.2) is 12.3 Å². The Hall–Kier alpha value is -2.06. The van der Waals surface area contributed by atoms with Crippen molar-refractivity contribution < 1.29 is 31.5 Å². The molecular formula is C13H11F5N2O2. The van der Waals surface area contributed by atoms with Crippen molar-refractivity contribution in [3.05, 3.63) is 23.4 Å². The Bertz CT molecular complexity index is 601. The van der Waals surface area contributed by atoms with Crippen LogP contribution >= 0.6 is 0 Å². The zero-order chi connectivity index (χ0) is 16.5. The largest absolute Gasteiger partial charge is 0.418 e. The Morgan fingerprint density at radius 1 is 1.27 bits per heavy atom. The Morgan fingerprint density at radius 3 is 2.55 bits per heavy atom. The van der Waals surface area contributed by atoms with Gasteiger partial charge in [0, 0.05) is 37.6 Å². The van der Waals surface area contributed by atoms with Gasteiger partial charge in [-0.05, 0) is 6.07 Å². The summed E-state index contributed by atoms with van der Waals surface area (Å²) >= 11 is 0. The lowest BCUT2D eigenvalue weighted by Crippen LogP contribution is -2.31. The first kappa shape index (κ1) is 16.3. The summed E-state index contributed by atoms with van der Waals surface area (Å²) in [6.07, 6.45) is -6.02. The second-order valence-corrected chi connectivity index (χ2v) is 4.90. The molecule has 4 nitrogen and oxygen atoms in total. The number of hydrogen-bond donors (Lipinski definition) is 0. The standard InChI is InChI=1S/C13H11F5N2O2/c14-12(15)2-1-11(22)20(4-3-12)10-5-8(7-21)9(6-19-10)13(16,17)18/h5-7H,1-4H2. The highest BCUT2D eigenvalue weighted by Crippen LogP contribution is 2.34. The van der Waals surface area contributed by atoms with Crippen LogP contribution < -0.4 is 4.90 Å². The number of hydrogen-bond acceptors (Lipinski definition) is 3. The fourth-order valence-electron chi connectivity index (χ4n) is 2.13. The number of carbonyl (C=O) groups is 2. The lowest BCUT2D eigenvalue weighted by molar-refractivity contribution is -0.138. The van der Waals surface area contributed by atoms with E-state index < -0.39 is 48.4 Å². The smallest absolute Gasteiger partial charge is 0.298 e. The number of aromatic nitrogens is 1. The van der Waals surface area contributed by atoms with Crippen molar-refractivity contribution in [2.24, 2.45) is 0 Å². The van der Waals surface area contributed by atoms with Gasteiger partial charge in [-0.25, -0.2) is 13.8 Å². The van der Waals surface area contributed by atoms with Gasteiger partial charge in [-0.2, -0.15) is 13.2 Å². The first-order chi connectivity index (χ1) is 10.1. The van der Waals surface area contributed by atoms with Crippen LogP contribution in [-0.4, -0.2) is 29.6 Å². The molecule has 1 fully saturated rings. The number of alkyl halides is 5. The van der Waals surface area contributed by atoms with E-state index in [1.165, 1.54) is 0 Å². The first-order valence-corrected chi connectivity index (χ1v) is 6.35. The van der Waals surface area contributed by atoms with Gasteiger partial charge in [0.15, 0.2) is 6.29 Å². The molecule has 0 aliphatic carbocycles. The number of aldehydes is 1. The summed E-state index contributed by atoms with van der Waals surface area (Å²) in [5.41, 5.74) is -1.93. The Balaban J connectivity index is 2.36. The molecule has 0 unspecified atom stereocenters. The van der Waals surface area contributed by atoms with Crippen molar-refractivity contribution in [1.82, 2.24) is 4.98 Å². The lowest BCUT2D eigenvalue weighted by Gasteiger charge is -2.21. The minimum atomic E-state index is -4.77. The van der Waals surface area contributed by atoms with E-state index in [4.69, 9.17) is 0 Å². The van der Waals surface area contributed by atoms with E-state index in [1.807, 2.05) is 0 Å².